The first-order valence-corrected chi connectivity index (χ1v) is 7.38. The maximum absolute atomic E-state index is 5.58. The van der Waals surface area contributed by atoms with Crippen molar-refractivity contribution in [1.29, 1.82) is 0 Å². The molecular weight excluding hydrogens is 260 g/mol. The second kappa shape index (κ2) is 6.35. The largest absolute Gasteiger partial charge is 0.494 e. The predicted octanol–water partition coefficient (Wildman–Crippen LogP) is 4.57. The van der Waals surface area contributed by atoms with Crippen LogP contribution in [0.5, 0.6) is 5.75 Å². The average Bonchev–Trinajstić information content (AvgIpc) is 2.99. The van der Waals surface area contributed by atoms with Gasteiger partial charge in [-0.25, -0.2) is 0 Å². The minimum atomic E-state index is 0.767. The monoisotopic (exact) mass is 280 g/mol. The fraction of sp³-hybridized carbons (Fsp3) is 0.222. The average molecular weight is 280 g/mol. The molecule has 0 unspecified atom stereocenters. The second-order valence-electron chi connectivity index (χ2n) is 5.13. The van der Waals surface area contributed by atoms with Crippen molar-refractivity contribution in [2.75, 3.05) is 11.9 Å². The summed E-state index contributed by atoms with van der Waals surface area (Å²) in [6.07, 6.45) is 3.00. The number of fused-ring (bicyclic) bond motifs is 1. The third-order valence-corrected chi connectivity index (χ3v) is 3.44. The Morgan fingerprint density at radius 2 is 1.90 bits per heavy atom. The minimum absolute atomic E-state index is 0.767. The quantitative estimate of drug-likeness (QED) is 0.694. The highest BCUT2D eigenvalue weighted by Crippen LogP contribution is 2.18. The standard InChI is InChI=1S/C18H20N2O/c1-2-11-21-17-7-5-16(6-8-17)20-13-14-3-4-15-9-10-19-18(15)12-14/h3-10,12,19-20H,2,11,13H2,1H3. The molecule has 0 bridgehead atoms. The summed E-state index contributed by atoms with van der Waals surface area (Å²) in [5.74, 6) is 0.926. The normalized spacial score (nSPS) is 10.7. The Labute approximate surface area is 125 Å². The van der Waals surface area contributed by atoms with Gasteiger partial charge in [0.15, 0.2) is 0 Å². The molecule has 0 radical (unpaired) electrons. The number of aromatic nitrogens is 1. The summed E-state index contributed by atoms with van der Waals surface area (Å²) in [5, 5.41) is 4.68. The summed E-state index contributed by atoms with van der Waals surface area (Å²) in [6, 6.07) is 16.7. The third-order valence-electron chi connectivity index (χ3n) is 3.44. The molecule has 1 aromatic heterocycles. The minimum Gasteiger partial charge on any atom is -0.494 e. The third kappa shape index (κ3) is 3.37. The molecule has 0 aliphatic rings. The van der Waals surface area contributed by atoms with Gasteiger partial charge in [-0.05, 0) is 53.8 Å². The van der Waals surface area contributed by atoms with E-state index in [0.717, 1.165) is 31.0 Å². The highest BCUT2D eigenvalue weighted by Gasteiger charge is 1.99. The second-order valence-corrected chi connectivity index (χ2v) is 5.13. The fourth-order valence-corrected chi connectivity index (χ4v) is 2.30. The zero-order chi connectivity index (χ0) is 14.5. The van der Waals surface area contributed by atoms with Crippen LogP contribution in [0.15, 0.2) is 54.7 Å². The van der Waals surface area contributed by atoms with Gasteiger partial charge in [0.05, 0.1) is 6.61 Å². The van der Waals surface area contributed by atoms with Gasteiger partial charge in [-0.2, -0.15) is 0 Å². The van der Waals surface area contributed by atoms with Crippen LogP contribution in [0, 0.1) is 0 Å². The molecule has 0 saturated heterocycles. The lowest BCUT2D eigenvalue weighted by Gasteiger charge is -2.09. The molecule has 0 fully saturated rings. The van der Waals surface area contributed by atoms with Crippen molar-refractivity contribution in [1.82, 2.24) is 4.98 Å². The van der Waals surface area contributed by atoms with Crippen molar-refractivity contribution in [2.45, 2.75) is 19.9 Å². The van der Waals surface area contributed by atoms with Crippen molar-refractivity contribution in [2.24, 2.45) is 0 Å². The van der Waals surface area contributed by atoms with E-state index in [4.69, 9.17) is 4.74 Å². The Hall–Kier alpha value is -2.42. The number of anilines is 1. The van der Waals surface area contributed by atoms with E-state index in [1.54, 1.807) is 0 Å². The number of nitrogens with one attached hydrogen (secondary N) is 2. The van der Waals surface area contributed by atoms with Gasteiger partial charge in [0.25, 0.3) is 0 Å². The first kappa shape index (κ1) is 13.6. The van der Waals surface area contributed by atoms with E-state index in [1.165, 1.54) is 16.5 Å². The number of hydrogen-bond donors (Lipinski definition) is 2. The first-order valence-electron chi connectivity index (χ1n) is 7.38. The van der Waals surface area contributed by atoms with Gasteiger partial charge in [-0.3, -0.25) is 0 Å². The van der Waals surface area contributed by atoms with E-state index in [-0.39, 0.29) is 0 Å². The van der Waals surface area contributed by atoms with Crippen LogP contribution in [0.25, 0.3) is 10.9 Å². The number of ether oxygens (including phenoxy) is 1. The van der Waals surface area contributed by atoms with Gasteiger partial charge in [0.1, 0.15) is 5.75 Å². The van der Waals surface area contributed by atoms with Gasteiger partial charge in [0.2, 0.25) is 0 Å². The maximum Gasteiger partial charge on any atom is 0.119 e. The van der Waals surface area contributed by atoms with E-state index in [1.807, 2.05) is 18.3 Å². The molecule has 0 spiro atoms. The lowest BCUT2D eigenvalue weighted by Crippen LogP contribution is -1.99. The Morgan fingerprint density at radius 3 is 2.71 bits per heavy atom. The van der Waals surface area contributed by atoms with Crippen LogP contribution in [0.1, 0.15) is 18.9 Å². The van der Waals surface area contributed by atoms with E-state index in [9.17, 15) is 0 Å². The van der Waals surface area contributed by atoms with Crippen molar-refractivity contribution in [3.8, 4) is 5.75 Å². The molecule has 0 saturated carbocycles. The summed E-state index contributed by atoms with van der Waals surface area (Å²) in [4.78, 5) is 3.24. The number of rotatable bonds is 6. The van der Waals surface area contributed by atoms with Crippen LogP contribution in [0.4, 0.5) is 5.69 Å². The van der Waals surface area contributed by atoms with E-state index in [0.29, 0.717) is 0 Å². The molecular formula is C18H20N2O. The lowest BCUT2D eigenvalue weighted by molar-refractivity contribution is 0.317. The van der Waals surface area contributed by atoms with Crippen LogP contribution in [-0.4, -0.2) is 11.6 Å². The molecule has 0 aliphatic heterocycles. The van der Waals surface area contributed by atoms with Crippen molar-refractivity contribution >= 4 is 16.6 Å². The van der Waals surface area contributed by atoms with Crippen molar-refractivity contribution < 1.29 is 4.74 Å². The molecule has 0 aliphatic carbocycles. The number of hydrogen-bond acceptors (Lipinski definition) is 2. The summed E-state index contributed by atoms with van der Waals surface area (Å²) < 4.78 is 5.58. The molecule has 3 aromatic rings. The molecule has 3 nitrogen and oxygen atoms in total. The Balaban J connectivity index is 1.61. The van der Waals surface area contributed by atoms with Gasteiger partial charge < -0.3 is 15.0 Å². The summed E-state index contributed by atoms with van der Waals surface area (Å²) in [5.41, 5.74) is 3.54. The fourth-order valence-electron chi connectivity index (χ4n) is 2.30. The Kier molecular flexibility index (Phi) is 4.10. The molecule has 1 heterocycles. The van der Waals surface area contributed by atoms with Crippen LogP contribution in [0.2, 0.25) is 0 Å². The van der Waals surface area contributed by atoms with Crippen molar-refractivity contribution in [3.05, 3.63) is 60.3 Å². The highest BCUT2D eigenvalue weighted by atomic mass is 16.5. The van der Waals surface area contributed by atoms with Crippen LogP contribution >= 0.6 is 0 Å². The molecule has 108 valence electrons. The molecule has 2 N–H and O–H groups in total. The molecule has 2 aromatic carbocycles. The lowest BCUT2D eigenvalue weighted by atomic mass is 10.1. The van der Waals surface area contributed by atoms with E-state index >= 15 is 0 Å². The molecule has 0 amide bonds. The van der Waals surface area contributed by atoms with E-state index in [2.05, 4.69) is 53.6 Å². The molecule has 0 atom stereocenters. The first-order chi connectivity index (χ1) is 10.3. The van der Waals surface area contributed by atoms with Crippen molar-refractivity contribution in [3.63, 3.8) is 0 Å². The summed E-state index contributed by atoms with van der Waals surface area (Å²) in [7, 11) is 0. The number of H-pyrrole nitrogens is 1. The SMILES string of the molecule is CCCOc1ccc(NCc2ccc3cc[nH]c3c2)cc1. The van der Waals surface area contributed by atoms with Gasteiger partial charge in [0, 0.05) is 23.9 Å². The molecule has 3 rings (SSSR count). The zero-order valence-electron chi connectivity index (χ0n) is 12.2. The van der Waals surface area contributed by atoms with Gasteiger partial charge in [-0.15, -0.1) is 0 Å². The Morgan fingerprint density at radius 1 is 1.05 bits per heavy atom. The maximum atomic E-state index is 5.58. The summed E-state index contributed by atoms with van der Waals surface area (Å²) >= 11 is 0. The molecule has 3 heteroatoms. The predicted molar refractivity (Wildman–Crippen MR) is 87.9 cm³/mol. The Bertz CT molecular complexity index is 701. The highest BCUT2D eigenvalue weighted by molar-refractivity contribution is 5.79. The topological polar surface area (TPSA) is 37.0 Å². The van der Waals surface area contributed by atoms with Crippen LogP contribution in [-0.2, 0) is 6.54 Å². The summed E-state index contributed by atoms with van der Waals surface area (Å²) in [6.45, 7) is 3.68. The number of aromatic amines is 1. The zero-order valence-corrected chi connectivity index (χ0v) is 12.2. The van der Waals surface area contributed by atoms with Crippen LogP contribution < -0.4 is 10.1 Å². The van der Waals surface area contributed by atoms with E-state index < -0.39 is 0 Å². The molecule has 21 heavy (non-hydrogen) atoms. The van der Waals surface area contributed by atoms with Gasteiger partial charge >= 0.3 is 0 Å². The van der Waals surface area contributed by atoms with Gasteiger partial charge in [-0.1, -0.05) is 19.1 Å². The van der Waals surface area contributed by atoms with Crippen LogP contribution in [0.3, 0.4) is 0 Å². The smallest absolute Gasteiger partial charge is 0.119 e. The number of benzene rings is 2.